The summed E-state index contributed by atoms with van der Waals surface area (Å²) in [6, 6.07) is 5.60. The Balaban J connectivity index is 0.00000162. The maximum Gasteiger partial charge on any atom is 0.356 e. The Morgan fingerprint density at radius 3 is 2.83 bits per heavy atom. The maximum absolute atomic E-state index is 11.6. The Bertz CT molecular complexity index is 392. The van der Waals surface area contributed by atoms with Crippen LogP contribution in [0.15, 0.2) is 18.2 Å². The van der Waals surface area contributed by atoms with Crippen molar-refractivity contribution in [2.24, 2.45) is 0 Å². The van der Waals surface area contributed by atoms with Crippen molar-refractivity contribution >= 4 is 18.4 Å². The van der Waals surface area contributed by atoms with Crippen molar-refractivity contribution in [3.8, 4) is 0 Å². The number of nitrogens with zero attached hydrogens (tertiary/aromatic N) is 1. The van der Waals surface area contributed by atoms with E-state index in [1.807, 2.05) is 12.1 Å². The molecule has 1 fully saturated rings. The van der Waals surface area contributed by atoms with E-state index in [0.29, 0.717) is 18.2 Å². The van der Waals surface area contributed by atoms with Gasteiger partial charge in [0.15, 0.2) is 0 Å². The van der Waals surface area contributed by atoms with Crippen molar-refractivity contribution < 1.29 is 9.53 Å². The van der Waals surface area contributed by atoms with Crippen LogP contribution in [-0.4, -0.2) is 30.6 Å². The summed E-state index contributed by atoms with van der Waals surface area (Å²) in [4.78, 5) is 16.0. The third-order valence-electron chi connectivity index (χ3n) is 3.01. The average molecular weight is 271 g/mol. The van der Waals surface area contributed by atoms with Crippen LogP contribution in [0.1, 0.15) is 41.9 Å². The summed E-state index contributed by atoms with van der Waals surface area (Å²) in [5.41, 5.74) is 1.43. The molecule has 5 heteroatoms. The number of halogens is 1. The zero-order valence-corrected chi connectivity index (χ0v) is 11.3. The lowest BCUT2D eigenvalue weighted by Crippen LogP contribution is -2.27. The van der Waals surface area contributed by atoms with Crippen LogP contribution in [0.25, 0.3) is 0 Å². The van der Waals surface area contributed by atoms with Crippen molar-refractivity contribution in [2.75, 3.05) is 19.7 Å². The lowest BCUT2D eigenvalue weighted by molar-refractivity contribution is 0.0519. The maximum atomic E-state index is 11.6. The third-order valence-corrected chi connectivity index (χ3v) is 3.01. The number of rotatable bonds is 3. The monoisotopic (exact) mass is 270 g/mol. The summed E-state index contributed by atoms with van der Waals surface area (Å²) in [6.07, 6.45) is 2.17. The highest BCUT2D eigenvalue weighted by Gasteiger charge is 2.18. The van der Waals surface area contributed by atoms with Crippen LogP contribution >= 0.6 is 12.4 Å². The molecule has 2 heterocycles. The van der Waals surface area contributed by atoms with E-state index in [9.17, 15) is 4.79 Å². The minimum Gasteiger partial charge on any atom is -0.461 e. The molecule has 0 spiro atoms. The van der Waals surface area contributed by atoms with Gasteiger partial charge in [-0.05, 0) is 45.0 Å². The molecular weight excluding hydrogens is 252 g/mol. The van der Waals surface area contributed by atoms with Crippen LogP contribution in [-0.2, 0) is 4.74 Å². The average Bonchev–Trinajstić information content (AvgIpc) is 2.40. The minimum absolute atomic E-state index is 0. The van der Waals surface area contributed by atoms with Gasteiger partial charge in [-0.3, -0.25) is 0 Å². The number of hydrogen-bond donors (Lipinski definition) is 1. The molecule has 1 aliphatic heterocycles. The summed E-state index contributed by atoms with van der Waals surface area (Å²) >= 11 is 0. The first-order valence-electron chi connectivity index (χ1n) is 6.16. The Morgan fingerprint density at radius 1 is 1.44 bits per heavy atom. The van der Waals surface area contributed by atoms with Crippen LogP contribution in [0.4, 0.5) is 0 Å². The number of hydrogen-bond acceptors (Lipinski definition) is 4. The van der Waals surface area contributed by atoms with Gasteiger partial charge in [0.25, 0.3) is 0 Å². The summed E-state index contributed by atoms with van der Waals surface area (Å²) in [6.45, 7) is 4.23. The molecule has 0 atom stereocenters. The van der Waals surface area contributed by atoms with Crippen molar-refractivity contribution in [3.05, 3.63) is 29.6 Å². The van der Waals surface area contributed by atoms with E-state index in [0.717, 1.165) is 31.6 Å². The van der Waals surface area contributed by atoms with Gasteiger partial charge >= 0.3 is 5.97 Å². The molecule has 2 rings (SSSR count). The van der Waals surface area contributed by atoms with Gasteiger partial charge in [-0.15, -0.1) is 12.4 Å². The Labute approximate surface area is 114 Å². The number of pyridine rings is 1. The number of esters is 1. The molecule has 1 aromatic rings. The fourth-order valence-electron chi connectivity index (χ4n) is 2.12. The molecular formula is C13H19ClN2O2. The Hall–Kier alpha value is -1.13. The van der Waals surface area contributed by atoms with E-state index in [2.05, 4.69) is 10.3 Å². The lowest BCUT2D eigenvalue weighted by Gasteiger charge is -2.22. The zero-order chi connectivity index (χ0) is 12.1. The van der Waals surface area contributed by atoms with E-state index in [1.165, 1.54) is 0 Å². The molecule has 100 valence electrons. The summed E-state index contributed by atoms with van der Waals surface area (Å²) in [7, 11) is 0. The molecule has 1 aliphatic rings. The van der Waals surface area contributed by atoms with Crippen molar-refractivity contribution in [1.82, 2.24) is 10.3 Å². The molecule has 4 nitrogen and oxygen atoms in total. The predicted octanol–water partition coefficient (Wildman–Crippen LogP) is 2.15. The number of aromatic nitrogens is 1. The minimum atomic E-state index is -0.330. The number of ether oxygens (including phenoxy) is 1. The van der Waals surface area contributed by atoms with E-state index >= 15 is 0 Å². The van der Waals surface area contributed by atoms with Crippen LogP contribution in [0, 0.1) is 0 Å². The fraction of sp³-hybridized carbons (Fsp3) is 0.538. The largest absolute Gasteiger partial charge is 0.461 e. The summed E-state index contributed by atoms with van der Waals surface area (Å²) in [5.74, 6) is 0.133. The van der Waals surface area contributed by atoms with E-state index in [1.54, 1.807) is 13.0 Å². The molecule has 1 saturated heterocycles. The molecule has 0 radical (unpaired) electrons. The second kappa shape index (κ2) is 7.34. The van der Waals surface area contributed by atoms with Gasteiger partial charge in [0.05, 0.1) is 6.61 Å². The first kappa shape index (κ1) is 14.9. The fourth-order valence-corrected chi connectivity index (χ4v) is 2.12. The predicted molar refractivity (Wildman–Crippen MR) is 72.3 cm³/mol. The van der Waals surface area contributed by atoms with Crippen molar-refractivity contribution in [1.29, 1.82) is 0 Å². The Morgan fingerprint density at radius 2 is 2.17 bits per heavy atom. The van der Waals surface area contributed by atoms with E-state index in [4.69, 9.17) is 4.74 Å². The van der Waals surface area contributed by atoms with Crippen LogP contribution in [0.5, 0.6) is 0 Å². The molecule has 1 aromatic heterocycles. The lowest BCUT2D eigenvalue weighted by atomic mass is 9.94. The SMILES string of the molecule is CCOC(=O)c1cccc(C2CCNCC2)n1.Cl. The molecule has 18 heavy (non-hydrogen) atoms. The van der Waals surface area contributed by atoms with Crippen molar-refractivity contribution in [2.45, 2.75) is 25.7 Å². The second-order valence-corrected chi connectivity index (χ2v) is 4.19. The van der Waals surface area contributed by atoms with Crippen LogP contribution < -0.4 is 5.32 Å². The van der Waals surface area contributed by atoms with E-state index < -0.39 is 0 Å². The molecule has 0 amide bonds. The highest BCUT2D eigenvalue weighted by atomic mass is 35.5. The molecule has 0 saturated carbocycles. The molecule has 1 N–H and O–H groups in total. The van der Waals surface area contributed by atoms with Gasteiger partial charge in [0.1, 0.15) is 5.69 Å². The smallest absolute Gasteiger partial charge is 0.356 e. The number of nitrogens with one attached hydrogen (secondary N) is 1. The van der Waals surface area contributed by atoms with Gasteiger partial charge < -0.3 is 10.1 Å². The first-order valence-corrected chi connectivity index (χ1v) is 6.16. The van der Waals surface area contributed by atoms with Gasteiger partial charge in [0, 0.05) is 11.6 Å². The molecule has 0 aliphatic carbocycles. The first-order chi connectivity index (χ1) is 8.31. The second-order valence-electron chi connectivity index (χ2n) is 4.19. The van der Waals surface area contributed by atoms with Crippen LogP contribution in [0.2, 0.25) is 0 Å². The van der Waals surface area contributed by atoms with Crippen LogP contribution in [0.3, 0.4) is 0 Å². The molecule has 0 aromatic carbocycles. The van der Waals surface area contributed by atoms with Crippen molar-refractivity contribution in [3.63, 3.8) is 0 Å². The topological polar surface area (TPSA) is 51.2 Å². The van der Waals surface area contributed by atoms with E-state index in [-0.39, 0.29) is 18.4 Å². The summed E-state index contributed by atoms with van der Waals surface area (Å²) < 4.78 is 4.96. The zero-order valence-electron chi connectivity index (χ0n) is 10.5. The van der Waals surface area contributed by atoms with Gasteiger partial charge in [-0.25, -0.2) is 9.78 Å². The van der Waals surface area contributed by atoms with Gasteiger partial charge in [-0.2, -0.15) is 0 Å². The summed E-state index contributed by atoms with van der Waals surface area (Å²) in [5, 5.41) is 3.32. The quantitative estimate of drug-likeness (QED) is 0.855. The number of piperidine rings is 1. The Kier molecular flexibility index (Phi) is 6.09. The third kappa shape index (κ3) is 3.68. The standard InChI is InChI=1S/C13H18N2O2.ClH/c1-2-17-13(16)12-5-3-4-11(15-12)10-6-8-14-9-7-10;/h3-5,10,14H,2,6-9H2,1H3;1H. The molecule has 0 unspecified atom stereocenters. The highest BCUT2D eigenvalue weighted by molar-refractivity contribution is 5.87. The number of carbonyl (C=O) groups excluding carboxylic acids is 1. The normalized spacial score (nSPS) is 15.8. The van der Waals surface area contributed by atoms with Gasteiger partial charge in [-0.1, -0.05) is 6.07 Å². The highest BCUT2D eigenvalue weighted by Crippen LogP contribution is 2.23. The molecule has 0 bridgehead atoms. The number of carbonyl (C=O) groups is 1. The van der Waals surface area contributed by atoms with Gasteiger partial charge in [0.2, 0.25) is 0 Å².